The van der Waals surface area contributed by atoms with Crippen molar-refractivity contribution in [3.63, 3.8) is 0 Å². The molecule has 0 aromatic rings. The van der Waals surface area contributed by atoms with Crippen LogP contribution in [0.15, 0.2) is 85.1 Å². The van der Waals surface area contributed by atoms with E-state index in [1.807, 2.05) is 0 Å². The normalized spacial score (nSPS) is 12.7. The van der Waals surface area contributed by atoms with E-state index in [9.17, 15) is 14.4 Å². The zero-order chi connectivity index (χ0) is 50.0. The van der Waals surface area contributed by atoms with Crippen molar-refractivity contribution >= 4 is 17.9 Å². The molecule has 6 heteroatoms. The molecular weight excluding hydrogens is 853 g/mol. The fourth-order valence-corrected chi connectivity index (χ4v) is 7.93. The minimum atomic E-state index is -0.793. The molecule has 6 nitrogen and oxygen atoms in total. The molecule has 0 aromatic carbocycles. The zero-order valence-corrected chi connectivity index (χ0v) is 45.3. The highest BCUT2D eigenvalue weighted by atomic mass is 16.6. The molecule has 1 atom stereocenters. The molecule has 0 radical (unpaired) electrons. The summed E-state index contributed by atoms with van der Waals surface area (Å²) in [7, 11) is 0. The van der Waals surface area contributed by atoms with E-state index in [-0.39, 0.29) is 31.1 Å². The Hall–Kier alpha value is -3.41. The highest BCUT2D eigenvalue weighted by Gasteiger charge is 2.19. The van der Waals surface area contributed by atoms with Gasteiger partial charge >= 0.3 is 17.9 Å². The summed E-state index contributed by atoms with van der Waals surface area (Å²) in [4.78, 5) is 38.2. The quantitative estimate of drug-likeness (QED) is 0.0262. The number of rotatable bonds is 52. The highest BCUT2D eigenvalue weighted by Crippen LogP contribution is 2.14. The molecule has 0 aromatic heterocycles. The Bertz CT molecular complexity index is 1330. The first kappa shape index (κ1) is 65.6. The second-order valence-electron chi connectivity index (χ2n) is 19.2. The number of hydrogen-bond donors (Lipinski definition) is 0. The lowest BCUT2D eigenvalue weighted by molar-refractivity contribution is -0.167. The first-order valence-electron chi connectivity index (χ1n) is 29.1. The molecule has 0 rings (SSSR count). The number of esters is 3. The second-order valence-corrected chi connectivity index (χ2v) is 19.2. The van der Waals surface area contributed by atoms with Crippen LogP contribution in [-0.4, -0.2) is 37.2 Å². The van der Waals surface area contributed by atoms with E-state index in [1.165, 1.54) is 116 Å². The summed E-state index contributed by atoms with van der Waals surface area (Å²) in [6.45, 7) is 6.52. The van der Waals surface area contributed by atoms with Crippen LogP contribution < -0.4 is 0 Å². The first-order valence-corrected chi connectivity index (χ1v) is 29.1. The van der Waals surface area contributed by atoms with Gasteiger partial charge in [-0.3, -0.25) is 14.4 Å². The molecule has 0 aliphatic rings. The fourth-order valence-electron chi connectivity index (χ4n) is 7.93. The number of hydrogen-bond acceptors (Lipinski definition) is 6. The average molecular weight is 962 g/mol. The fraction of sp³-hybridized carbons (Fsp3) is 0.730. The molecular formula is C63H108O6. The average Bonchev–Trinajstić information content (AvgIpc) is 3.35. The van der Waals surface area contributed by atoms with Crippen LogP contribution in [0, 0.1) is 0 Å². The Morgan fingerprint density at radius 1 is 0.290 bits per heavy atom. The van der Waals surface area contributed by atoms with Gasteiger partial charge in [-0.1, -0.05) is 228 Å². The summed E-state index contributed by atoms with van der Waals surface area (Å²) in [6.07, 6.45) is 74.2. The van der Waals surface area contributed by atoms with Crippen molar-refractivity contribution in [2.45, 2.75) is 284 Å². The molecule has 1 unspecified atom stereocenters. The van der Waals surface area contributed by atoms with Crippen molar-refractivity contribution < 1.29 is 28.6 Å². The minimum Gasteiger partial charge on any atom is -0.462 e. The van der Waals surface area contributed by atoms with E-state index in [2.05, 4.69) is 106 Å². The van der Waals surface area contributed by atoms with Gasteiger partial charge in [0.1, 0.15) is 13.2 Å². The van der Waals surface area contributed by atoms with Gasteiger partial charge in [0.15, 0.2) is 6.10 Å². The topological polar surface area (TPSA) is 78.9 Å². The van der Waals surface area contributed by atoms with Gasteiger partial charge in [-0.25, -0.2) is 0 Å². The highest BCUT2D eigenvalue weighted by molar-refractivity contribution is 5.71. The number of allylic oxidation sites excluding steroid dienone is 14. The lowest BCUT2D eigenvalue weighted by Crippen LogP contribution is -2.30. The van der Waals surface area contributed by atoms with Gasteiger partial charge in [0.25, 0.3) is 0 Å². The van der Waals surface area contributed by atoms with Crippen molar-refractivity contribution in [1.82, 2.24) is 0 Å². The van der Waals surface area contributed by atoms with E-state index < -0.39 is 6.10 Å². The van der Waals surface area contributed by atoms with E-state index in [1.54, 1.807) is 0 Å². The summed E-state index contributed by atoms with van der Waals surface area (Å²) < 4.78 is 16.8. The van der Waals surface area contributed by atoms with Gasteiger partial charge < -0.3 is 14.2 Å². The number of unbranched alkanes of at least 4 members (excludes halogenated alkanes) is 27. The second kappa shape index (κ2) is 57.2. The van der Waals surface area contributed by atoms with Gasteiger partial charge in [0.2, 0.25) is 0 Å². The van der Waals surface area contributed by atoms with Gasteiger partial charge in [-0.15, -0.1) is 0 Å². The molecule has 396 valence electrons. The molecule has 0 spiro atoms. The van der Waals surface area contributed by atoms with Crippen LogP contribution >= 0.6 is 0 Å². The van der Waals surface area contributed by atoms with Crippen LogP contribution in [0.4, 0.5) is 0 Å². The smallest absolute Gasteiger partial charge is 0.306 e. The molecule has 0 saturated heterocycles. The Morgan fingerprint density at radius 3 is 0.899 bits per heavy atom. The SMILES string of the molecule is CCC/C=C\C/C=C\CCCCCCCC(=O)OCC(COC(=O)CCCCCCCC/C=C\C/C=C\C/C=C\CCCCCCC)OC(=O)CCCCCCCCC/C=C\C/C=C\CCCCC. The van der Waals surface area contributed by atoms with Crippen LogP contribution in [0.1, 0.15) is 278 Å². The van der Waals surface area contributed by atoms with Crippen molar-refractivity contribution in [1.29, 1.82) is 0 Å². The van der Waals surface area contributed by atoms with Crippen molar-refractivity contribution in [3.05, 3.63) is 85.1 Å². The van der Waals surface area contributed by atoms with E-state index in [0.717, 1.165) is 122 Å². The maximum absolute atomic E-state index is 12.9. The summed E-state index contributed by atoms with van der Waals surface area (Å²) in [6, 6.07) is 0. The minimum absolute atomic E-state index is 0.0914. The molecule has 0 heterocycles. The first-order chi connectivity index (χ1) is 34.0. The predicted molar refractivity (Wildman–Crippen MR) is 297 cm³/mol. The molecule has 0 aliphatic heterocycles. The molecule has 0 N–H and O–H groups in total. The zero-order valence-electron chi connectivity index (χ0n) is 45.3. The van der Waals surface area contributed by atoms with Crippen molar-refractivity contribution in [2.24, 2.45) is 0 Å². The lowest BCUT2D eigenvalue weighted by Gasteiger charge is -2.18. The Kier molecular flexibility index (Phi) is 54.3. The van der Waals surface area contributed by atoms with Crippen LogP contribution in [0.2, 0.25) is 0 Å². The standard InChI is InChI=1S/C63H108O6/c1-4-7-10-13-16-19-22-25-27-29-30-31-32-34-35-38-41-44-47-50-53-56-62(65)68-59-60(58-67-61(64)55-52-49-46-43-40-37-24-21-18-15-12-9-6-3)69-63(66)57-54-51-48-45-42-39-36-33-28-26-23-20-17-14-11-8-5-2/h12,15,17,20-22,24-26,28-30,32,34,60H,4-11,13-14,16,18-19,23,27,31,33,35-59H2,1-3H3/b15-12-,20-17-,24-21-,25-22-,28-26-,30-29-,34-32-. The largest absolute Gasteiger partial charge is 0.462 e. The molecule has 0 bridgehead atoms. The summed E-state index contributed by atoms with van der Waals surface area (Å²) >= 11 is 0. The predicted octanol–water partition coefficient (Wildman–Crippen LogP) is 19.5. The molecule has 0 fully saturated rings. The van der Waals surface area contributed by atoms with Gasteiger partial charge in [0, 0.05) is 19.3 Å². The third kappa shape index (κ3) is 55.4. The Balaban J connectivity index is 4.41. The molecule has 0 amide bonds. The lowest BCUT2D eigenvalue weighted by atomic mass is 10.1. The van der Waals surface area contributed by atoms with Crippen molar-refractivity contribution in [3.8, 4) is 0 Å². The number of carbonyl (C=O) groups excluding carboxylic acids is 3. The third-order valence-electron chi connectivity index (χ3n) is 12.3. The summed E-state index contributed by atoms with van der Waals surface area (Å²) in [5.74, 6) is -0.920. The monoisotopic (exact) mass is 961 g/mol. The number of ether oxygens (including phenoxy) is 3. The maximum Gasteiger partial charge on any atom is 0.306 e. The molecule has 0 saturated carbocycles. The van der Waals surface area contributed by atoms with Gasteiger partial charge in [0.05, 0.1) is 0 Å². The van der Waals surface area contributed by atoms with E-state index in [4.69, 9.17) is 14.2 Å². The van der Waals surface area contributed by atoms with Crippen LogP contribution in [0.25, 0.3) is 0 Å². The van der Waals surface area contributed by atoms with Crippen molar-refractivity contribution in [2.75, 3.05) is 13.2 Å². The van der Waals surface area contributed by atoms with Crippen LogP contribution in [0.5, 0.6) is 0 Å². The van der Waals surface area contributed by atoms with Crippen LogP contribution in [-0.2, 0) is 28.6 Å². The molecule has 69 heavy (non-hydrogen) atoms. The van der Waals surface area contributed by atoms with Gasteiger partial charge in [-0.05, 0) is 116 Å². The Morgan fingerprint density at radius 2 is 0.551 bits per heavy atom. The summed E-state index contributed by atoms with van der Waals surface area (Å²) in [5, 5.41) is 0. The summed E-state index contributed by atoms with van der Waals surface area (Å²) in [5.41, 5.74) is 0. The third-order valence-corrected chi connectivity index (χ3v) is 12.3. The van der Waals surface area contributed by atoms with E-state index >= 15 is 0 Å². The van der Waals surface area contributed by atoms with E-state index in [0.29, 0.717) is 19.3 Å². The van der Waals surface area contributed by atoms with Crippen LogP contribution in [0.3, 0.4) is 0 Å². The maximum atomic E-state index is 12.9. The molecule has 0 aliphatic carbocycles. The Labute approximate surface area is 426 Å². The number of carbonyl (C=O) groups is 3. The van der Waals surface area contributed by atoms with Gasteiger partial charge in [-0.2, -0.15) is 0 Å².